The lowest BCUT2D eigenvalue weighted by Gasteiger charge is -2.30. The summed E-state index contributed by atoms with van der Waals surface area (Å²) in [5.41, 5.74) is 0.0719. The summed E-state index contributed by atoms with van der Waals surface area (Å²) >= 11 is 0. The zero-order valence-corrected chi connectivity index (χ0v) is 9.77. The molecule has 1 aliphatic carbocycles. The highest BCUT2D eigenvalue weighted by Crippen LogP contribution is 2.34. The molecule has 0 bridgehead atoms. The molecule has 4 heteroatoms. The molecule has 1 aromatic heterocycles. The minimum absolute atomic E-state index is 0.0464. The van der Waals surface area contributed by atoms with Crippen LogP contribution in [0.2, 0.25) is 0 Å². The van der Waals surface area contributed by atoms with Gasteiger partial charge in [0.25, 0.3) is 0 Å². The number of carbonyl (C=O) groups is 2. The van der Waals surface area contributed by atoms with E-state index in [9.17, 15) is 14.7 Å². The summed E-state index contributed by atoms with van der Waals surface area (Å²) in [7, 11) is 0. The van der Waals surface area contributed by atoms with Crippen molar-refractivity contribution in [3.63, 3.8) is 0 Å². The quantitative estimate of drug-likeness (QED) is 0.788. The van der Waals surface area contributed by atoms with E-state index in [1.807, 2.05) is 0 Å². The molecule has 1 aromatic rings. The second-order valence-electron chi connectivity index (χ2n) is 4.56. The Hall–Kier alpha value is -1.55. The average Bonchev–Trinajstić information content (AvgIpc) is 2.33. The molecule has 1 saturated carbocycles. The standard InChI is InChI=1S/C13H15NO3/c1-9(15)10-2-3-12(14-8-10)13(17)6-4-11(16)5-7-13/h2-3,8,17H,4-7H2,1H3. The van der Waals surface area contributed by atoms with Crippen LogP contribution in [0.1, 0.15) is 48.7 Å². The van der Waals surface area contributed by atoms with Crippen molar-refractivity contribution >= 4 is 11.6 Å². The number of hydrogen-bond donors (Lipinski definition) is 1. The third kappa shape index (κ3) is 2.42. The predicted octanol–water partition coefficient (Wildman–Crippen LogP) is 1.61. The Morgan fingerprint density at radius 1 is 1.35 bits per heavy atom. The van der Waals surface area contributed by atoms with Gasteiger partial charge >= 0.3 is 0 Å². The van der Waals surface area contributed by atoms with E-state index in [1.165, 1.54) is 13.1 Å². The van der Waals surface area contributed by atoms with Crippen molar-refractivity contribution in [2.24, 2.45) is 0 Å². The molecule has 1 N–H and O–H groups in total. The second kappa shape index (κ2) is 4.37. The number of aliphatic hydroxyl groups is 1. The summed E-state index contributed by atoms with van der Waals surface area (Å²) in [5.74, 6) is 0.143. The molecule has 1 fully saturated rings. The van der Waals surface area contributed by atoms with Gasteiger partial charge < -0.3 is 5.11 Å². The fourth-order valence-corrected chi connectivity index (χ4v) is 2.08. The SMILES string of the molecule is CC(=O)c1ccc(C2(O)CCC(=O)CC2)nc1. The first-order valence-corrected chi connectivity index (χ1v) is 5.73. The average molecular weight is 233 g/mol. The van der Waals surface area contributed by atoms with Crippen molar-refractivity contribution in [2.75, 3.05) is 0 Å². The second-order valence-corrected chi connectivity index (χ2v) is 4.56. The lowest BCUT2D eigenvalue weighted by atomic mass is 9.81. The molecule has 0 amide bonds. The van der Waals surface area contributed by atoms with Gasteiger partial charge in [0.1, 0.15) is 11.4 Å². The Morgan fingerprint density at radius 2 is 2.00 bits per heavy atom. The fourth-order valence-electron chi connectivity index (χ4n) is 2.08. The molecule has 0 unspecified atom stereocenters. The predicted molar refractivity (Wildman–Crippen MR) is 61.6 cm³/mol. The van der Waals surface area contributed by atoms with Gasteiger partial charge in [-0.05, 0) is 31.9 Å². The normalized spacial score (nSPS) is 19.1. The van der Waals surface area contributed by atoms with Gasteiger partial charge in [-0.2, -0.15) is 0 Å². The van der Waals surface area contributed by atoms with Crippen molar-refractivity contribution in [1.82, 2.24) is 4.98 Å². The highest BCUT2D eigenvalue weighted by molar-refractivity contribution is 5.93. The van der Waals surface area contributed by atoms with E-state index in [2.05, 4.69) is 4.98 Å². The Bertz CT molecular complexity index is 440. The van der Waals surface area contributed by atoms with Crippen molar-refractivity contribution in [3.05, 3.63) is 29.6 Å². The van der Waals surface area contributed by atoms with Gasteiger partial charge in [-0.1, -0.05) is 0 Å². The Balaban J connectivity index is 2.22. The van der Waals surface area contributed by atoms with Gasteiger partial charge in [0.2, 0.25) is 0 Å². The summed E-state index contributed by atoms with van der Waals surface area (Å²) in [6.45, 7) is 1.48. The van der Waals surface area contributed by atoms with Gasteiger partial charge in [0, 0.05) is 24.6 Å². The van der Waals surface area contributed by atoms with Crippen molar-refractivity contribution in [1.29, 1.82) is 0 Å². The van der Waals surface area contributed by atoms with E-state index in [1.54, 1.807) is 12.1 Å². The molecule has 1 aliphatic rings. The number of hydrogen-bond acceptors (Lipinski definition) is 4. The van der Waals surface area contributed by atoms with Gasteiger partial charge in [-0.3, -0.25) is 14.6 Å². The first-order valence-electron chi connectivity index (χ1n) is 5.73. The smallest absolute Gasteiger partial charge is 0.161 e. The Morgan fingerprint density at radius 3 is 2.47 bits per heavy atom. The number of nitrogens with zero attached hydrogens (tertiary/aromatic N) is 1. The number of carbonyl (C=O) groups excluding carboxylic acids is 2. The van der Waals surface area contributed by atoms with E-state index in [4.69, 9.17) is 0 Å². The largest absolute Gasteiger partial charge is 0.384 e. The number of rotatable bonds is 2. The highest BCUT2D eigenvalue weighted by Gasteiger charge is 2.35. The third-order valence-corrected chi connectivity index (χ3v) is 3.28. The molecule has 1 heterocycles. The molecular formula is C13H15NO3. The van der Waals surface area contributed by atoms with Crippen LogP contribution in [0.3, 0.4) is 0 Å². The van der Waals surface area contributed by atoms with Gasteiger partial charge in [0.15, 0.2) is 5.78 Å². The summed E-state index contributed by atoms with van der Waals surface area (Å²) in [5, 5.41) is 10.4. The van der Waals surface area contributed by atoms with Crippen LogP contribution in [0.25, 0.3) is 0 Å². The maximum atomic E-state index is 11.1. The minimum atomic E-state index is -1.01. The topological polar surface area (TPSA) is 67.3 Å². The van der Waals surface area contributed by atoms with Gasteiger partial charge in [-0.15, -0.1) is 0 Å². The van der Waals surface area contributed by atoms with E-state index >= 15 is 0 Å². The zero-order chi connectivity index (χ0) is 12.5. The molecule has 0 atom stereocenters. The molecule has 0 saturated heterocycles. The molecule has 2 rings (SSSR count). The van der Waals surface area contributed by atoms with Crippen molar-refractivity contribution < 1.29 is 14.7 Å². The molecular weight excluding hydrogens is 218 g/mol. The van der Waals surface area contributed by atoms with E-state index < -0.39 is 5.60 Å². The maximum absolute atomic E-state index is 11.1. The highest BCUT2D eigenvalue weighted by atomic mass is 16.3. The zero-order valence-electron chi connectivity index (χ0n) is 9.77. The van der Waals surface area contributed by atoms with E-state index in [0.717, 1.165) is 0 Å². The molecule has 0 radical (unpaired) electrons. The van der Waals surface area contributed by atoms with Crippen LogP contribution in [0.15, 0.2) is 18.3 Å². The number of pyridine rings is 1. The van der Waals surface area contributed by atoms with E-state index in [-0.39, 0.29) is 11.6 Å². The van der Waals surface area contributed by atoms with Crippen LogP contribution >= 0.6 is 0 Å². The number of ketones is 2. The molecule has 17 heavy (non-hydrogen) atoms. The number of aromatic nitrogens is 1. The Labute approximate surface area is 99.7 Å². The van der Waals surface area contributed by atoms with Crippen LogP contribution in [-0.2, 0) is 10.4 Å². The van der Waals surface area contributed by atoms with Gasteiger partial charge in [-0.25, -0.2) is 0 Å². The minimum Gasteiger partial charge on any atom is -0.384 e. The maximum Gasteiger partial charge on any atom is 0.161 e. The van der Waals surface area contributed by atoms with Crippen LogP contribution in [-0.4, -0.2) is 21.7 Å². The monoisotopic (exact) mass is 233 g/mol. The molecule has 90 valence electrons. The lowest BCUT2D eigenvalue weighted by molar-refractivity contribution is -0.125. The van der Waals surface area contributed by atoms with Gasteiger partial charge in [0.05, 0.1) is 5.69 Å². The van der Waals surface area contributed by atoms with Crippen molar-refractivity contribution in [3.8, 4) is 0 Å². The van der Waals surface area contributed by atoms with Crippen LogP contribution in [0.4, 0.5) is 0 Å². The van der Waals surface area contributed by atoms with Crippen molar-refractivity contribution in [2.45, 2.75) is 38.2 Å². The number of Topliss-reactive ketones (excluding diaryl/α,β-unsaturated/α-hetero) is 2. The summed E-state index contributed by atoms with van der Waals surface area (Å²) in [4.78, 5) is 26.4. The molecule has 0 aromatic carbocycles. The summed E-state index contributed by atoms with van der Waals surface area (Å²) in [6, 6.07) is 3.34. The lowest BCUT2D eigenvalue weighted by Crippen LogP contribution is -2.32. The van der Waals surface area contributed by atoms with E-state index in [0.29, 0.717) is 36.9 Å². The summed E-state index contributed by atoms with van der Waals surface area (Å²) in [6.07, 6.45) is 3.10. The molecule has 0 spiro atoms. The third-order valence-electron chi connectivity index (χ3n) is 3.28. The van der Waals surface area contributed by atoms with Crippen LogP contribution in [0, 0.1) is 0 Å². The Kier molecular flexibility index (Phi) is 3.07. The summed E-state index contributed by atoms with van der Waals surface area (Å²) < 4.78 is 0. The van der Waals surface area contributed by atoms with Crippen LogP contribution in [0.5, 0.6) is 0 Å². The van der Waals surface area contributed by atoms with Crippen LogP contribution < -0.4 is 0 Å². The first-order chi connectivity index (χ1) is 8.01. The molecule has 4 nitrogen and oxygen atoms in total. The fraction of sp³-hybridized carbons (Fsp3) is 0.462. The molecule has 0 aliphatic heterocycles. The first kappa shape index (κ1) is 11.9.